The number of fused-ring (bicyclic) bond motifs is 1. The maximum Gasteiger partial charge on any atom is 1.00 e. The normalized spacial score (nSPS) is 10.9. The number of aromatic amines is 2. The number of nitrogens with one attached hydrogen (secondary N) is 2. The van der Waals surface area contributed by atoms with Crippen LogP contribution < -0.4 is 67.9 Å². The Morgan fingerprint density at radius 2 is 1.80 bits per heavy atom. The number of nitro groups is 1. The summed E-state index contributed by atoms with van der Waals surface area (Å²) < 4.78 is 1.39. The van der Waals surface area contributed by atoms with Crippen LogP contribution in [0.4, 0.5) is 5.69 Å². The molecule has 0 saturated carbocycles. The molecule has 2 N–H and O–H groups in total. The van der Waals surface area contributed by atoms with Crippen molar-refractivity contribution < 1.29 is 56.3 Å². The van der Waals surface area contributed by atoms with E-state index in [0.29, 0.717) is 0 Å². The van der Waals surface area contributed by atoms with E-state index >= 15 is 0 Å². The van der Waals surface area contributed by atoms with Gasteiger partial charge in [-0.3, -0.25) is 19.7 Å². The number of benzene rings is 1. The summed E-state index contributed by atoms with van der Waals surface area (Å²) in [5.41, 5.74) is -0.687. The molecule has 0 atom stereocenters. The zero-order valence-electron chi connectivity index (χ0n) is 12.9. The maximum atomic E-state index is 11.8. The van der Waals surface area contributed by atoms with Crippen LogP contribution in [0.3, 0.4) is 0 Å². The molecule has 1 aromatic carbocycles. The Morgan fingerprint density at radius 3 is 2.40 bits per heavy atom. The van der Waals surface area contributed by atoms with Crippen molar-refractivity contribution in [2.45, 2.75) is 0 Å². The molecule has 2 aromatic heterocycles. The van der Waals surface area contributed by atoms with Crippen LogP contribution in [0, 0.1) is 21.6 Å². The standard InChI is InChI=1S/C14H8N6O4.K/c15-7-16-13-14(22)18-10-5-11(19-3-1-8(21)2-4-19)12(20(23)24)6-9(10)17-13;/h1-6H,(H,16,17)(H,18,22);/q;+1. The van der Waals surface area contributed by atoms with Gasteiger partial charge in [0.15, 0.2) is 5.43 Å². The Bertz CT molecular complexity index is 1180. The van der Waals surface area contributed by atoms with E-state index in [1.165, 1.54) is 47.4 Å². The van der Waals surface area contributed by atoms with Gasteiger partial charge in [0.1, 0.15) is 5.69 Å². The van der Waals surface area contributed by atoms with Crippen LogP contribution >= 0.6 is 0 Å². The molecule has 0 spiro atoms. The molecule has 0 aliphatic carbocycles. The SMILES string of the molecule is N#CN=c1[nH]c2cc([N+](=O)[O-])c(-n3ccc(=O)cc3)cc2[nH]c1=O.[K+]. The van der Waals surface area contributed by atoms with E-state index in [4.69, 9.17) is 5.26 Å². The topological polar surface area (TPSA) is 150 Å². The Balaban J connectivity index is 0.00000225. The molecular weight excluding hydrogens is 355 g/mol. The van der Waals surface area contributed by atoms with Gasteiger partial charge in [0.05, 0.1) is 16.0 Å². The van der Waals surface area contributed by atoms with E-state index < -0.39 is 10.5 Å². The largest absolute Gasteiger partial charge is 1.00 e. The van der Waals surface area contributed by atoms with E-state index in [2.05, 4.69) is 15.0 Å². The van der Waals surface area contributed by atoms with Crippen LogP contribution in [-0.4, -0.2) is 19.5 Å². The quantitative estimate of drug-likeness (QED) is 0.220. The first-order valence-corrected chi connectivity index (χ1v) is 6.56. The fraction of sp³-hybridized carbons (Fsp3) is 0. The fourth-order valence-electron chi connectivity index (χ4n) is 2.20. The monoisotopic (exact) mass is 363 g/mol. The number of rotatable bonds is 2. The first-order valence-electron chi connectivity index (χ1n) is 6.56. The van der Waals surface area contributed by atoms with Crippen LogP contribution in [0.1, 0.15) is 0 Å². The molecule has 118 valence electrons. The molecule has 11 heteroatoms. The number of nitriles is 1. The average Bonchev–Trinajstić information content (AvgIpc) is 2.55. The molecule has 25 heavy (non-hydrogen) atoms. The molecule has 0 radical (unpaired) electrons. The van der Waals surface area contributed by atoms with Crippen molar-refractivity contribution >= 4 is 16.7 Å². The van der Waals surface area contributed by atoms with Crippen molar-refractivity contribution in [1.82, 2.24) is 14.5 Å². The predicted molar refractivity (Wildman–Crippen MR) is 82.3 cm³/mol. The molecule has 0 bridgehead atoms. The average molecular weight is 363 g/mol. The molecular formula is C14H8KN6O4+. The first kappa shape index (κ1) is 19.0. The van der Waals surface area contributed by atoms with Gasteiger partial charge >= 0.3 is 51.4 Å². The molecule has 0 unspecified atom stereocenters. The van der Waals surface area contributed by atoms with Gasteiger partial charge in [-0.25, -0.2) is 0 Å². The second-order valence-electron chi connectivity index (χ2n) is 4.72. The van der Waals surface area contributed by atoms with Crippen molar-refractivity contribution in [1.29, 1.82) is 5.26 Å². The summed E-state index contributed by atoms with van der Waals surface area (Å²) >= 11 is 0. The number of hydrogen-bond donors (Lipinski definition) is 2. The molecule has 3 aromatic rings. The zero-order valence-corrected chi connectivity index (χ0v) is 16.0. The Kier molecular flexibility index (Phi) is 5.83. The molecule has 2 heterocycles. The molecule has 10 nitrogen and oxygen atoms in total. The fourth-order valence-corrected chi connectivity index (χ4v) is 2.20. The molecule has 0 aliphatic rings. The van der Waals surface area contributed by atoms with Crippen molar-refractivity contribution in [2.24, 2.45) is 4.99 Å². The zero-order chi connectivity index (χ0) is 17.3. The summed E-state index contributed by atoms with van der Waals surface area (Å²) in [6, 6.07) is 5.14. The summed E-state index contributed by atoms with van der Waals surface area (Å²) in [5, 5.41) is 19.9. The number of nitrogens with zero attached hydrogens (tertiary/aromatic N) is 4. The van der Waals surface area contributed by atoms with Crippen LogP contribution in [0.15, 0.2) is 51.2 Å². The summed E-state index contributed by atoms with van der Waals surface area (Å²) in [5.74, 6) is 0. The number of nitro benzene ring substituents is 1. The number of pyridine rings is 1. The molecule has 0 fully saturated rings. The minimum Gasteiger partial charge on any atom is -0.333 e. The second kappa shape index (κ2) is 7.68. The third-order valence-corrected chi connectivity index (χ3v) is 3.27. The number of hydrogen-bond acceptors (Lipinski definition) is 6. The summed E-state index contributed by atoms with van der Waals surface area (Å²) in [6.07, 6.45) is 4.25. The van der Waals surface area contributed by atoms with Crippen molar-refractivity contribution in [3.8, 4) is 11.9 Å². The van der Waals surface area contributed by atoms with Gasteiger partial charge in [-0.1, -0.05) is 0 Å². The third kappa shape index (κ3) is 3.84. The van der Waals surface area contributed by atoms with Crippen molar-refractivity contribution in [2.75, 3.05) is 0 Å². The smallest absolute Gasteiger partial charge is 0.333 e. The minimum atomic E-state index is -0.635. The summed E-state index contributed by atoms with van der Waals surface area (Å²) in [4.78, 5) is 42.2. The van der Waals surface area contributed by atoms with Gasteiger partial charge in [0.2, 0.25) is 11.7 Å². The minimum absolute atomic E-state index is 0. The molecule has 0 aliphatic heterocycles. The second-order valence-corrected chi connectivity index (χ2v) is 4.72. The van der Waals surface area contributed by atoms with E-state index in [1.807, 2.05) is 0 Å². The number of aromatic nitrogens is 3. The molecule has 3 rings (SSSR count). The summed E-state index contributed by atoms with van der Waals surface area (Å²) in [7, 11) is 0. The van der Waals surface area contributed by atoms with E-state index in [-0.39, 0.29) is 84.7 Å². The predicted octanol–water partition coefficient (Wildman–Crippen LogP) is -2.70. The van der Waals surface area contributed by atoms with Gasteiger partial charge < -0.3 is 14.5 Å². The van der Waals surface area contributed by atoms with Crippen molar-refractivity contribution in [3.05, 3.63) is 72.8 Å². The Labute approximate surface area is 181 Å². The Hall–Kier alpha value is -2.36. The first-order chi connectivity index (χ1) is 11.5. The van der Waals surface area contributed by atoms with E-state index in [0.717, 1.165) is 0 Å². The third-order valence-electron chi connectivity index (χ3n) is 3.27. The van der Waals surface area contributed by atoms with Crippen LogP contribution in [0.2, 0.25) is 0 Å². The van der Waals surface area contributed by atoms with Gasteiger partial charge in [0.25, 0.3) is 11.2 Å². The van der Waals surface area contributed by atoms with Crippen LogP contribution in [0.25, 0.3) is 16.7 Å². The molecule has 0 saturated heterocycles. The number of H-pyrrole nitrogens is 2. The van der Waals surface area contributed by atoms with Crippen LogP contribution in [0.5, 0.6) is 0 Å². The van der Waals surface area contributed by atoms with Gasteiger partial charge in [-0.2, -0.15) is 5.26 Å². The van der Waals surface area contributed by atoms with Crippen LogP contribution in [-0.2, 0) is 0 Å². The van der Waals surface area contributed by atoms with E-state index in [1.54, 1.807) is 0 Å². The van der Waals surface area contributed by atoms with Gasteiger partial charge in [-0.15, -0.1) is 4.99 Å². The van der Waals surface area contributed by atoms with Gasteiger partial charge in [-0.05, 0) is 6.07 Å². The Morgan fingerprint density at radius 1 is 1.16 bits per heavy atom. The molecule has 0 amide bonds. The maximum absolute atomic E-state index is 11.8. The van der Waals surface area contributed by atoms with Gasteiger partial charge in [0, 0.05) is 30.6 Å². The van der Waals surface area contributed by atoms with E-state index in [9.17, 15) is 19.7 Å². The van der Waals surface area contributed by atoms with Crippen molar-refractivity contribution in [3.63, 3.8) is 0 Å². The summed E-state index contributed by atoms with van der Waals surface area (Å²) in [6.45, 7) is 0.